The molecule has 20 heavy (non-hydrogen) atoms. The number of ether oxygens (including phenoxy) is 1. The highest BCUT2D eigenvalue weighted by Gasteiger charge is 2.21. The lowest BCUT2D eigenvalue weighted by molar-refractivity contribution is 0.305. The maximum Gasteiger partial charge on any atom is 0.140 e. The average Bonchev–Trinajstić information content (AvgIpc) is 3.18. The predicted molar refractivity (Wildman–Crippen MR) is 82.2 cm³/mol. The van der Waals surface area contributed by atoms with Crippen molar-refractivity contribution in [2.75, 3.05) is 0 Å². The third kappa shape index (κ3) is 3.58. The van der Waals surface area contributed by atoms with Crippen LogP contribution in [0.2, 0.25) is 0 Å². The zero-order chi connectivity index (χ0) is 13.9. The predicted octanol–water partition coefficient (Wildman–Crippen LogP) is 3.59. The minimum atomic E-state index is 0.554. The van der Waals surface area contributed by atoms with Crippen LogP contribution in [0.4, 0.5) is 0 Å². The summed E-state index contributed by atoms with van der Waals surface area (Å²) in [7, 11) is 0. The summed E-state index contributed by atoms with van der Waals surface area (Å²) in [6, 6.07) is 8.87. The van der Waals surface area contributed by atoms with E-state index in [0.717, 1.165) is 29.0 Å². The van der Waals surface area contributed by atoms with Crippen LogP contribution in [0, 0.1) is 13.8 Å². The van der Waals surface area contributed by atoms with Gasteiger partial charge in [0.1, 0.15) is 17.4 Å². The Morgan fingerprint density at radius 2 is 2.20 bits per heavy atom. The second-order valence-corrected chi connectivity index (χ2v) is 6.54. The third-order valence-corrected chi connectivity index (χ3v) is 4.55. The first-order valence-electron chi connectivity index (χ1n) is 7.09. The van der Waals surface area contributed by atoms with Gasteiger partial charge in [-0.3, -0.25) is 0 Å². The van der Waals surface area contributed by atoms with Gasteiger partial charge >= 0.3 is 0 Å². The summed E-state index contributed by atoms with van der Waals surface area (Å²) in [6.07, 6.45) is 2.64. The highest BCUT2D eigenvalue weighted by Crippen LogP contribution is 2.23. The maximum atomic E-state index is 5.81. The van der Waals surface area contributed by atoms with Crippen LogP contribution < -0.4 is 10.1 Å². The van der Waals surface area contributed by atoms with Gasteiger partial charge < -0.3 is 10.1 Å². The Labute approximate surface area is 124 Å². The van der Waals surface area contributed by atoms with Crippen molar-refractivity contribution in [3.63, 3.8) is 0 Å². The molecule has 0 amide bonds. The number of hydrogen-bond donors (Lipinski definition) is 1. The van der Waals surface area contributed by atoms with Gasteiger partial charge in [0, 0.05) is 17.5 Å². The van der Waals surface area contributed by atoms with Crippen LogP contribution in [0.15, 0.2) is 24.3 Å². The number of rotatable bonds is 6. The Balaban J connectivity index is 1.58. The fourth-order valence-electron chi connectivity index (χ4n) is 2.09. The molecule has 0 atom stereocenters. The number of benzene rings is 1. The molecule has 1 heterocycles. The van der Waals surface area contributed by atoms with E-state index < -0.39 is 0 Å². The second kappa shape index (κ2) is 5.94. The molecule has 1 fully saturated rings. The first kappa shape index (κ1) is 13.6. The fraction of sp³-hybridized carbons (Fsp3) is 0.438. The molecule has 4 heteroatoms. The van der Waals surface area contributed by atoms with Gasteiger partial charge in [-0.05, 0) is 44.4 Å². The number of nitrogens with zero attached hydrogens (tertiary/aromatic N) is 1. The first-order valence-corrected chi connectivity index (χ1v) is 7.90. The van der Waals surface area contributed by atoms with Crippen molar-refractivity contribution in [3.05, 3.63) is 45.4 Å². The molecule has 1 aliphatic rings. The molecule has 1 saturated carbocycles. The molecule has 0 aliphatic heterocycles. The normalized spacial score (nSPS) is 14.5. The van der Waals surface area contributed by atoms with Crippen LogP contribution >= 0.6 is 11.3 Å². The van der Waals surface area contributed by atoms with Gasteiger partial charge in [-0.15, -0.1) is 11.3 Å². The van der Waals surface area contributed by atoms with Crippen LogP contribution in [0.3, 0.4) is 0 Å². The molecular weight excluding hydrogens is 268 g/mol. The Bertz CT molecular complexity index is 590. The van der Waals surface area contributed by atoms with Gasteiger partial charge in [0.25, 0.3) is 0 Å². The molecule has 1 aromatic heterocycles. The molecule has 106 valence electrons. The Morgan fingerprint density at radius 1 is 1.35 bits per heavy atom. The summed E-state index contributed by atoms with van der Waals surface area (Å²) >= 11 is 1.75. The van der Waals surface area contributed by atoms with E-state index in [1.165, 1.54) is 23.3 Å². The van der Waals surface area contributed by atoms with Crippen molar-refractivity contribution >= 4 is 11.3 Å². The Kier molecular flexibility index (Phi) is 4.03. The summed E-state index contributed by atoms with van der Waals surface area (Å²) in [4.78, 5) is 5.93. The van der Waals surface area contributed by atoms with Gasteiger partial charge in [0.15, 0.2) is 0 Å². The molecule has 0 spiro atoms. The second-order valence-electron chi connectivity index (χ2n) is 5.38. The van der Waals surface area contributed by atoms with Gasteiger partial charge in [-0.2, -0.15) is 0 Å². The molecule has 1 aromatic carbocycles. The van der Waals surface area contributed by atoms with Crippen molar-refractivity contribution in [1.29, 1.82) is 0 Å². The minimum absolute atomic E-state index is 0.554. The first-order chi connectivity index (χ1) is 9.70. The van der Waals surface area contributed by atoms with E-state index in [4.69, 9.17) is 4.74 Å². The van der Waals surface area contributed by atoms with Gasteiger partial charge in [0.2, 0.25) is 0 Å². The molecule has 1 aliphatic carbocycles. The lowest BCUT2D eigenvalue weighted by Gasteiger charge is -2.04. The minimum Gasteiger partial charge on any atom is -0.486 e. The lowest BCUT2D eigenvalue weighted by atomic mass is 10.2. The van der Waals surface area contributed by atoms with Crippen molar-refractivity contribution < 1.29 is 4.74 Å². The Morgan fingerprint density at radius 3 is 2.95 bits per heavy atom. The number of nitrogens with one attached hydrogen (secondary N) is 1. The third-order valence-electron chi connectivity index (χ3n) is 3.42. The molecule has 0 bridgehead atoms. The van der Waals surface area contributed by atoms with Gasteiger partial charge in [-0.1, -0.05) is 12.1 Å². The standard InChI is InChI=1S/C16H20N2OS/c1-11-4-3-5-14(8-11)19-10-16-18-12(2)15(20-16)9-17-13-6-7-13/h3-5,8,13,17H,6-7,9-10H2,1-2H3. The fourth-order valence-corrected chi connectivity index (χ4v) is 3.02. The van der Waals surface area contributed by atoms with E-state index in [1.807, 2.05) is 12.1 Å². The SMILES string of the molecule is Cc1cccc(OCc2nc(C)c(CNC3CC3)s2)c1. The molecular formula is C16H20N2OS. The maximum absolute atomic E-state index is 5.81. The summed E-state index contributed by atoms with van der Waals surface area (Å²) in [5, 5.41) is 4.59. The smallest absolute Gasteiger partial charge is 0.140 e. The van der Waals surface area contributed by atoms with E-state index in [9.17, 15) is 0 Å². The highest BCUT2D eigenvalue weighted by atomic mass is 32.1. The van der Waals surface area contributed by atoms with Crippen molar-refractivity contribution in [1.82, 2.24) is 10.3 Å². The number of hydrogen-bond acceptors (Lipinski definition) is 4. The number of aryl methyl sites for hydroxylation is 2. The molecule has 0 unspecified atom stereocenters. The van der Waals surface area contributed by atoms with Crippen LogP contribution in [0.5, 0.6) is 5.75 Å². The zero-order valence-corrected chi connectivity index (χ0v) is 12.8. The summed E-state index contributed by atoms with van der Waals surface area (Å²) in [5.74, 6) is 0.913. The monoisotopic (exact) mass is 288 g/mol. The summed E-state index contributed by atoms with van der Waals surface area (Å²) in [5.41, 5.74) is 2.35. The molecule has 2 aromatic rings. The van der Waals surface area contributed by atoms with E-state index in [-0.39, 0.29) is 0 Å². The van der Waals surface area contributed by atoms with Crippen LogP contribution in [-0.4, -0.2) is 11.0 Å². The molecule has 1 N–H and O–H groups in total. The average molecular weight is 288 g/mol. The largest absolute Gasteiger partial charge is 0.486 e. The highest BCUT2D eigenvalue weighted by molar-refractivity contribution is 7.11. The lowest BCUT2D eigenvalue weighted by Crippen LogP contribution is -2.14. The van der Waals surface area contributed by atoms with Crippen molar-refractivity contribution in [2.24, 2.45) is 0 Å². The van der Waals surface area contributed by atoms with Crippen molar-refractivity contribution in [3.8, 4) is 5.75 Å². The summed E-state index contributed by atoms with van der Waals surface area (Å²) in [6.45, 7) is 5.65. The molecule has 3 rings (SSSR count). The molecule has 0 saturated heterocycles. The number of thiazole rings is 1. The van der Waals surface area contributed by atoms with E-state index in [0.29, 0.717) is 6.61 Å². The van der Waals surface area contributed by atoms with Crippen molar-refractivity contribution in [2.45, 2.75) is 45.9 Å². The van der Waals surface area contributed by atoms with Crippen LogP contribution in [0.1, 0.15) is 34.0 Å². The van der Waals surface area contributed by atoms with Gasteiger partial charge in [0.05, 0.1) is 5.69 Å². The van der Waals surface area contributed by atoms with E-state index in [2.05, 4.69) is 36.3 Å². The quantitative estimate of drug-likeness (QED) is 0.882. The molecule has 3 nitrogen and oxygen atoms in total. The summed E-state index contributed by atoms with van der Waals surface area (Å²) < 4.78 is 5.81. The van der Waals surface area contributed by atoms with E-state index in [1.54, 1.807) is 11.3 Å². The van der Waals surface area contributed by atoms with E-state index >= 15 is 0 Å². The number of aromatic nitrogens is 1. The topological polar surface area (TPSA) is 34.1 Å². The van der Waals surface area contributed by atoms with Crippen LogP contribution in [0.25, 0.3) is 0 Å². The molecule has 0 radical (unpaired) electrons. The zero-order valence-electron chi connectivity index (χ0n) is 12.0. The van der Waals surface area contributed by atoms with Crippen LogP contribution in [-0.2, 0) is 13.2 Å². The Hall–Kier alpha value is -1.39. The van der Waals surface area contributed by atoms with Gasteiger partial charge in [-0.25, -0.2) is 4.98 Å².